The minimum atomic E-state index is 0.295. The van der Waals surface area contributed by atoms with Crippen molar-refractivity contribution in [3.63, 3.8) is 0 Å². The molecule has 4 nitrogen and oxygen atoms in total. The summed E-state index contributed by atoms with van der Waals surface area (Å²) in [5.41, 5.74) is 0. The van der Waals surface area contributed by atoms with Gasteiger partial charge in [-0.2, -0.15) is 4.98 Å². The van der Waals surface area contributed by atoms with Gasteiger partial charge >= 0.3 is 6.01 Å². The van der Waals surface area contributed by atoms with E-state index in [1.165, 1.54) is 7.11 Å². The standard InChI is InChI=1S/C11H10N2O2/c1-14-11-12-8-7-10(13-11)15-9-5-3-2-4-6-9/h2-8H,1H3. The van der Waals surface area contributed by atoms with E-state index in [1.807, 2.05) is 30.3 Å². The second-order valence-corrected chi connectivity index (χ2v) is 2.80. The van der Waals surface area contributed by atoms with E-state index >= 15 is 0 Å². The van der Waals surface area contributed by atoms with Crippen LogP contribution in [-0.2, 0) is 0 Å². The second-order valence-electron chi connectivity index (χ2n) is 2.80. The number of benzene rings is 1. The van der Waals surface area contributed by atoms with Crippen LogP contribution in [0.4, 0.5) is 0 Å². The first-order valence-corrected chi connectivity index (χ1v) is 4.48. The minimum absolute atomic E-state index is 0.295. The number of aromatic nitrogens is 2. The van der Waals surface area contributed by atoms with Gasteiger partial charge in [0.15, 0.2) is 0 Å². The number of methoxy groups -OCH3 is 1. The Balaban J connectivity index is 2.17. The van der Waals surface area contributed by atoms with Crippen LogP contribution in [-0.4, -0.2) is 17.1 Å². The fourth-order valence-electron chi connectivity index (χ4n) is 1.09. The lowest BCUT2D eigenvalue weighted by molar-refractivity contribution is 0.366. The normalized spacial score (nSPS) is 9.67. The van der Waals surface area contributed by atoms with E-state index in [9.17, 15) is 0 Å². The Morgan fingerprint density at radius 3 is 2.60 bits per heavy atom. The summed E-state index contributed by atoms with van der Waals surface area (Å²) in [7, 11) is 1.52. The van der Waals surface area contributed by atoms with Gasteiger partial charge in [0.1, 0.15) is 5.75 Å². The summed E-state index contributed by atoms with van der Waals surface area (Å²) in [5.74, 6) is 1.20. The number of para-hydroxylation sites is 1. The zero-order valence-corrected chi connectivity index (χ0v) is 8.25. The smallest absolute Gasteiger partial charge is 0.319 e. The van der Waals surface area contributed by atoms with E-state index in [1.54, 1.807) is 12.3 Å². The molecule has 0 aliphatic heterocycles. The van der Waals surface area contributed by atoms with Crippen molar-refractivity contribution in [2.24, 2.45) is 0 Å². The highest BCUT2D eigenvalue weighted by atomic mass is 16.5. The monoisotopic (exact) mass is 202 g/mol. The molecule has 0 spiro atoms. The Morgan fingerprint density at radius 1 is 1.07 bits per heavy atom. The highest BCUT2D eigenvalue weighted by molar-refractivity contribution is 5.26. The number of hydrogen-bond donors (Lipinski definition) is 0. The molecule has 0 N–H and O–H groups in total. The first kappa shape index (κ1) is 9.45. The van der Waals surface area contributed by atoms with Gasteiger partial charge < -0.3 is 9.47 Å². The molecule has 0 radical (unpaired) electrons. The van der Waals surface area contributed by atoms with E-state index in [2.05, 4.69) is 9.97 Å². The molecule has 4 heteroatoms. The molecular weight excluding hydrogens is 192 g/mol. The molecule has 0 saturated carbocycles. The highest BCUT2D eigenvalue weighted by Crippen LogP contribution is 2.19. The van der Waals surface area contributed by atoms with Crippen LogP contribution >= 0.6 is 0 Å². The van der Waals surface area contributed by atoms with E-state index in [0.717, 1.165) is 5.75 Å². The molecule has 0 atom stereocenters. The number of nitrogens with zero attached hydrogens (tertiary/aromatic N) is 2. The zero-order chi connectivity index (χ0) is 10.5. The third-order valence-corrected chi connectivity index (χ3v) is 1.76. The molecule has 0 aliphatic carbocycles. The molecule has 1 aromatic heterocycles. The predicted octanol–water partition coefficient (Wildman–Crippen LogP) is 2.28. The van der Waals surface area contributed by atoms with Crippen LogP contribution in [0.1, 0.15) is 0 Å². The first-order valence-electron chi connectivity index (χ1n) is 4.48. The van der Waals surface area contributed by atoms with Gasteiger partial charge in [0.05, 0.1) is 7.11 Å². The van der Waals surface area contributed by atoms with E-state index in [-0.39, 0.29) is 0 Å². The largest absolute Gasteiger partial charge is 0.467 e. The van der Waals surface area contributed by atoms with Crippen LogP contribution in [0.2, 0.25) is 0 Å². The number of hydrogen-bond acceptors (Lipinski definition) is 4. The summed E-state index contributed by atoms with van der Waals surface area (Å²) in [6.45, 7) is 0. The van der Waals surface area contributed by atoms with Gasteiger partial charge in [-0.25, -0.2) is 4.98 Å². The Hall–Kier alpha value is -2.10. The van der Waals surface area contributed by atoms with E-state index in [4.69, 9.17) is 9.47 Å². The van der Waals surface area contributed by atoms with Crippen LogP contribution in [0.3, 0.4) is 0 Å². The fraction of sp³-hybridized carbons (Fsp3) is 0.0909. The number of ether oxygens (including phenoxy) is 2. The Labute approximate surface area is 87.5 Å². The molecule has 0 saturated heterocycles. The van der Waals surface area contributed by atoms with Crippen molar-refractivity contribution in [3.8, 4) is 17.6 Å². The molecule has 1 aromatic carbocycles. The van der Waals surface area contributed by atoms with E-state index < -0.39 is 0 Å². The van der Waals surface area contributed by atoms with Gasteiger partial charge in [-0.15, -0.1) is 0 Å². The van der Waals surface area contributed by atoms with Crippen LogP contribution in [0.5, 0.6) is 17.6 Å². The Kier molecular flexibility index (Phi) is 2.78. The molecule has 0 fully saturated rings. The van der Waals surface area contributed by atoms with Gasteiger partial charge in [-0.3, -0.25) is 0 Å². The maximum Gasteiger partial charge on any atom is 0.319 e. The van der Waals surface area contributed by atoms with Gasteiger partial charge in [0, 0.05) is 12.3 Å². The predicted molar refractivity (Wildman–Crippen MR) is 55.1 cm³/mol. The van der Waals surface area contributed by atoms with Crippen molar-refractivity contribution >= 4 is 0 Å². The summed E-state index contributed by atoms with van der Waals surface area (Å²) in [6, 6.07) is 11.4. The first-order chi connectivity index (χ1) is 7.38. The molecule has 0 amide bonds. The average molecular weight is 202 g/mol. The van der Waals surface area contributed by atoms with Gasteiger partial charge in [-0.05, 0) is 12.1 Å². The molecule has 76 valence electrons. The maximum absolute atomic E-state index is 5.49. The molecule has 2 rings (SSSR count). The van der Waals surface area contributed by atoms with Crippen molar-refractivity contribution in [1.82, 2.24) is 9.97 Å². The van der Waals surface area contributed by atoms with Crippen LogP contribution < -0.4 is 9.47 Å². The van der Waals surface area contributed by atoms with Gasteiger partial charge in [-0.1, -0.05) is 18.2 Å². The molecule has 0 aliphatic rings. The summed E-state index contributed by atoms with van der Waals surface area (Å²) >= 11 is 0. The molecule has 15 heavy (non-hydrogen) atoms. The lowest BCUT2D eigenvalue weighted by Crippen LogP contribution is -1.93. The molecule has 2 aromatic rings. The van der Waals surface area contributed by atoms with Crippen molar-refractivity contribution < 1.29 is 9.47 Å². The summed E-state index contributed by atoms with van der Waals surface area (Å²) in [6.07, 6.45) is 1.59. The number of rotatable bonds is 3. The third-order valence-electron chi connectivity index (χ3n) is 1.76. The van der Waals surface area contributed by atoms with Crippen molar-refractivity contribution in [3.05, 3.63) is 42.6 Å². The topological polar surface area (TPSA) is 44.2 Å². The van der Waals surface area contributed by atoms with Crippen LogP contribution in [0, 0.1) is 0 Å². The zero-order valence-electron chi connectivity index (χ0n) is 8.25. The summed E-state index contributed by atoms with van der Waals surface area (Å²) in [4.78, 5) is 7.92. The summed E-state index contributed by atoms with van der Waals surface area (Å²) < 4.78 is 10.4. The molecule has 0 bridgehead atoms. The molecule has 1 heterocycles. The highest BCUT2D eigenvalue weighted by Gasteiger charge is 2.00. The average Bonchev–Trinajstić information content (AvgIpc) is 2.31. The van der Waals surface area contributed by atoms with Gasteiger partial charge in [0.2, 0.25) is 5.88 Å². The fourth-order valence-corrected chi connectivity index (χ4v) is 1.09. The lowest BCUT2D eigenvalue weighted by Gasteiger charge is -2.04. The lowest BCUT2D eigenvalue weighted by atomic mass is 10.3. The van der Waals surface area contributed by atoms with Crippen LogP contribution in [0.15, 0.2) is 42.6 Å². The Morgan fingerprint density at radius 2 is 1.87 bits per heavy atom. The van der Waals surface area contributed by atoms with Crippen molar-refractivity contribution in [1.29, 1.82) is 0 Å². The minimum Gasteiger partial charge on any atom is -0.467 e. The quantitative estimate of drug-likeness (QED) is 0.765. The molecular formula is C11H10N2O2. The van der Waals surface area contributed by atoms with Crippen molar-refractivity contribution in [2.75, 3.05) is 7.11 Å². The SMILES string of the molecule is COc1nccc(Oc2ccccc2)n1. The van der Waals surface area contributed by atoms with Crippen molar-refractivity contribution in [2.45, 2.75) is 0 Å². The Bertz CT molecular complexity index is 432. The molecule has 0 unspecified atom stereocenters. The maximum atomic E-state index is 5.49. The summed E-state index contributed by atoms with van der Waals surface area (Å²) in [5, 5.41) is 0. The van der Waals surface area contributed by atoms with E-state index in [0.29, 0.717) is 11.9 Å². The van der Waals surface area contributed by atoms with Crippen LogP contribution in [0.25, 0.3) is 0 Å². The second kappa shape index (κ2) is 4.41. The van der Waals surface area contributed by atoms with Gasteiger partial charge in [0.25, 0.3) is 0 Å². The third kappa shape index (κ3) is 2.43.